The number of benzene rings is 1. The average Bonchev–Trinajstić information content (AvgIpc) is 2.39. The van der Waals surface area contributed by atoms with Crippen molar-refractivity contribution in [1.82, 2.24) is 0 Å². The lowest BCUT2D eigenvalue weighted by Crippen LogP contribution is -2.33. The summed E-state index contributed by atoms with van der Waals surface area (Å²) in [5.41, 5.74) is 1.44. The van der Waals surface area contributed by atoms with E-state index in [-0.39, 0.29) is 0 Å². The molecule has 1 saturated heterocycles. The first-order valence-electron chi connectivity index (χ1n) is 6.89. The fraction of sp³-hybridized carbons (Fsp3) is 0.533. The van der Waals surface area contributed by atoms with E-state index in [1.165, 1.54) is 25.7 Å². The van der Waals surface area contributed by atoms with Crippen molar-refractivity contribution in [2.45, 2.75) is 32.6 Å². The van der Waals surface area contributed by atoms with Crippen LogP contribution in [0, 0.1) is 5.92 Å². The van der Waals surface area contributed by atoms with Crippen LogP contribution in [0.5, 0.6) is 0 Å². The van der Waals surface area contributed by atoms with Crippen LogP contribution in [0.25, 0.3) is 0 Å². The van der Waals surface area contributed by atoms with Gasteiger partial charge in [0.05, 0.1) is 5.56 Å². The topological polar surface area (TPSA) is 40.5 Å². The van der Waals surface area contributed by atoms with Gasteiger partial charge in [-0.1, -0.05) is 19.8 Å². The molecule has 0 radical (unpaired) electrons. The first kappa shape index (κ1) is 14.4. The Balaban J connectivity index is 2.04. The minimum Gasteiger partial charge on any atom is -0.478 e. The van der Waals surface area contributed by atoms with Crippen molar-refractivity contribution >= 4 is 27.6 Å². The summed E-state index contributed by atoms with van der Waals surface area (Å²) in [5.74, 6) is -0.0249. The number of carboxylic acid groups (broad SMARTS) is 1. The fourth-order valence-corrected chi connectivity index (χ4v) is 3.30. The van der Waals surface area contributed by atoms with E-state index in [0.29, 0.717) is 10.0 Å². The van der Waals surface area contributed by atoms with Crippen LogP contribution in [0.4, 0.5) is 5.69 Å². The van der Waals surface area contributed by atoms with Crippen molar-refractivity contribution in [3.63, 3.8) is 0 Å². The second kappa shape index (κ2) is 6.42. The Bertz CT molecular complexity index is 453. The number of hydrogen-bond donors (Lipinski definition) is 1. The molecule has 19 heavy (non-hydrogen) atoms. The van der Waals surface area contributed by atoms with Crippen LogP contribution in [0.1, 0.15) is 43.0 Å². The van der Waals surface area contributed by atoms with Crippen LogP contribution in [-0.4, -0.2) is 24.2 Å². The van der Waals surface area contributed by atoms with E-state index in [0.717, 1.165) is 24.7 Å². The van der Waals surface area contributed by atoms with Crippen LogP contribution in [0.2, 0.25) is 0 Å². The van der Waals surface area contributed by atoms with Crippen LogP contribution in [0.15, 0.2) is 22.7 Å². The van der Waals surface area contributed by atoms with Gasteiger partial charge in [-0.15, -0.1) is 0 Å². The minimum atomic E-state index is -0.889. The van der Waals surface area contributed by atoms with Crippen LogP contribution < -0.4 is 4.90 Å². The van der Waals surface area contributed by atoms with Gasteiger partial charge in [0.1, 0.15) is 0 Å². The van der Waals surface area contributed by atoms with E-state index in [4.69, 9.17) is 5.11 Å². The maximum atomic E-state index is 11.0. The number of anilines is 1. The molecule has 1 heterocycles. The number of rotatable bonds is 4. The lowest BCUT2D eigenvalue weighted by molar-refractivity contribution is 0.0696. The standard InChI is InChI=1S/C15H20BrNO2/c1-2-3-11-6-8-17(9-7-11)12-4-5-13(15(18)19)14(16)10-12/h4-5,10-11H,2-3,6-9H2,1H3,(H,18,19). The van der Waals surface area contributed by atoms with Crippen molar-refractivity contribution in [2.75, 3.05) is 18.0 Å². The van der Waals surface area contributed by atoms with E-state index in [2.05, 4.69) is 27.8 Å². The zero-order chi connectivity index (χ0) is 13.8. The molecule has 0 atom stereocenters. The van der Waals surface area contributed by atoms with E-state index in [1.54, 1.807) is 6.07 Å². The molecule has 0 bridgehead atoms. The van der Waals surface area contributed by atoms with Crippen molar-refractivity contribution in [3.05, 3.63) is 28.2 Å². The summed E-state index contributed by atoms with van der Waals surface area (Å²) in [5, 5.41) is 9.02. The molecular formula is C15H20BrNO2. The molecule has 4 heteroatoms. The highest BCUT2D eigenvalue weighted by Gasteiger charge is 2.19. The van der Waals surface area contributed by atoms with E-state index >= 15 is 0 Å². The number of carboxylic acids is 1. The van der Waals surface area contributed by atoms with Crippen LogP contribution in [0.3, 0.4) is 0 Å². The number of aromatic carboxylic acids is 1. The first-order chi connectivity index (χ1) is 9.11. The number of carbonyl (C=O) groups is 1. The van der Waals surface area contributed by atoms with Gasteiger partial charge in [-0.3, -0.25) is 0 Å². The molecular weight excluding hydrogens is 306 g/mol. The molecule has 0 saturated carbocycles. The predicted molar refractivity (Wildman–Crippen MR) is 80.9 cm³/mol. The number of nitrogens with zero attached hydrogens (tertiary/aromatic N) is 1. The van der Waals surface area contributed by atoms with Crippen LogP contribution in [-0.2, 0) is 0 Å². The van der Waals surface area contributed by atoms with E-state index < -0.39 is 5.97 Å². The fourth-order valence-electron chi connectivity index (χ4n) is 2.76. The second-order valence-corrected chi connectivity index (χ2v) is 6.04. The Morgan fingerprint density at radius 1 is 1.42 bits per heavy atom. The molecule has 0 amide bonds. The summed E-state index contributed by atoms with van der Waals surface area (Å²) in [6.07, 6.45) is 5.08. The van der Waals surface area contributed by atoms with Crippen molar-refractivity contribution in [2.24, 2.45) is 5.92 Å². The Morgan fingerprint density at radius 2 is 2.11 bits per heavy atom. The van der Waals surface area contributed by atoms with Gasteiger partial charge >= 0.3 is 5.97 Å². The van der Waals surface area contributed by atoms with Gasteiger partial charge in [0.15, 0.2) is 0 Å². The third kappa shape index (κ3) is 3.50. The lowest BCUT2D eigenvalue weighted by atomic mass is 9.92. The van der Waals surface area contributed by atoms with Gasteiger partial charge in [0.2, 0.25) is 0 Å². The predicted octanol–water partition coefficient (Wildman–Crippen LogP) is 4.16. The summed E-state index contributed by atoms with van der Waals surface area (Å²) in [4.78, 5) is 13.3. The summed E-state index contributed by atoms with van der Waals surface area (Å²) in [6, 6.07) is 5.51. The highest BCUT2D eigenvalue weighted by molar-refractivity contribution is 9.10. The third-order valence-electron chi connectivity index (χ3n) is 3.86. The van der Waals surface area contributed by atoms with Gasteiger partial charge in [-0.2, -0.15) is 0 Å². The van der Waals surface area contributed by atoms with Gasteiger partial charge in [-0.25, -0.2) is 4.79 Å². The van der Waals surface area contributed by atoms with Gasteiger partial charge in [-0.05, 0) is 52.9 Å². The van der Waals surface area contributed by atoms with Crippen molar-refractivity contribution in [1.29, 1.82) is 0 Å². The first-order valence-corrected chi connectivity index (χ1v) is 7.69. The van der Waals surface area contributed by atoms with Gasteiger partial charge in [0.25, 0.3) is 0 Å². The molecule has 0 spiro atoms. The average molecular weight is 326 g/mol. The smallest absolute Gasteiger partial charge is 0.336 e. The number of halogens is 1. The molecule has 104 valence electrons. The van der Waals surface area contributed by atoms with Gasteiger partial charge < -0.3 is 10.0 Å². The van der Waals surface area contributed by atoms with E-state index in [1.807, 2.05) is 12.1 Å². The summed E-state index contributed by atoms with van der Waals surface area (Å²) >= 11 is 3.34. The monoisotopic (exact) mass is 325 g/mol. The van der Waals surface area contributed by atoms with Crippen molar-refractivity contribution in [3.8, 4) is 0 Å². The molecule has 1 aliphatic rings. The number of hydrogen-bond acceptors (Lipinski definition) is 2. The summed E-state index contributed by atoms with van der Waals surface area (Å²) < 4.78 is 0.660. The molecule has 1 aliphatic heterocycles. The molecule has 1 fully saturated rings. The van der Waals surface area contributed by atoms with Crippen molar-refractivity contribution < 1.29 is 9.90 Å². The maximum Gasteiger partial charge on any atom is 0.336 e. The minimum absolute atomic E-state index is 0.324. The highest BCUT2D eigenvalue weighted by Crippen LogP contribution is 2.29. The Kier molecular flexibility index (Phi) is 4.86. The summed E-state index contributed by atoms with van der Waals surface area (Å²) in [6.45, 7) is 4.39. The zero-order valence-corrected chi connectivity index (χ0v) is 12.8. The molecule has 1 aromatic carbocycles. The third-order valence-corrected chi connectivity index (χ3v) is 4.52. The number of piperidine rings is 1. The quantitative estimate of drug-likeness (QED) is 0.903. The largest absolute Gasteiger partial charge is 0.478 e. The molecule has 2 rings (SSSR count). The van der Waals surface area contributed by atoms with E-state index in [9.17, 15) is 4.79 Å². The SMILES string of the molecule is CCCC1CCN(c2ccc(C(=O)O)c(Br)c2)CC1. The Hall–Kier alpha value is -1.03. The normalized spacial score (nSPS) is 16.6. The Labute approximate surface area is 122 Å². The zero-order valence-electron chi connectivity index (χ0n) is 11.2. The Morgan fingerprint density at radius 3 is 2.63 bits per heavy atom. The molecule has 0 aromatic heterocycles. The molecule has 0 aliphatic carbocycles. The molecule has 3 nitrogen and oxygen atoms in total. The van der Waals surface area contributed by atoms with Gasteiger partial charge in [0, 0.05) is 23.2 Å². The second-order valence-electron chi connectivity index (χ2n) is 5.19. The molecule has 1 N–H and O–H groups in total. The van der Waals surface area contributed by atoms with Crippen LogP contribution >= 0.6 is 15.9 Å². The molecule has 1 aromatic rings. The molecule has 0 unspecified atom stereocenters. The highest BCUT2D eigenvalue weighted by atomic mass is 79.9. The lowest BCUT2D eigenvalue weighted by Gasteiger charge is -2.33. The maximum absolute atomic E-state index is 11.0. The summed E-state index contributed by atoms with van der Waals surface area (Å²) in [7, 11) is 0.